The summed E-state index contributed by atoms with van der Waals surface area (Å²) in [6.45, 7) is 0. The number of carbonyl (C=O) groups is 1. The molecule has 1 fully saturated rings. The number of ether oxygens (including phenoxy) is 1. The van der Waals surface area contributed by atoms with Crippen molar-refractivity contribution in [3.05, 3.63) is 0 Å². The largest absolute Gasteiger partial charge is 0.452 e. The maximum atomic E-state index is 10.7. The van der Waals surface area contributed by atoms with Crippen molar-refractivity contribution in [2.24, 2.45) is 5.10 Å². The molecule has 0 unspecified atom stereocenters. The molecule has 1 amide bonds. The van der Waals surface area contributed by atoms with Gasteiger partial charge < -0.3 is 4.74 Å². The first-order valence-corrected chi connectivity index (χ1v) is 4.72. The van der Waals surface area contributed by atoms with Gasteiger partial charge in [-0.05, 0) is 25.7 Å². The van der Waals surface area contributed by atoms with E-state index >= 15 is 0 Å². The number of hydrazone groups is 1. The molecule has 0 aromatic rings. The molecule has 0 atom stereocenters. The third-order valence-corrected chi connectivity index (χ3v) is 2.17. The Labute approximate surface area is 78.3 Å². The Morgan fingerprint density at radius 2 is 1.92 bits per heavy atom. The molecule has 0 aromatic carbocycles. The number of nitrogens with one attached hydrogen (secondary N) is 1. The summed E-state index contributed by atoms with van der Waals surface area (Å²) < 4.78 is 4.42. The van der Waals surface area contributed by atoms with E-state index in [-0.39, 0.29) is 0 Å². The van der Waals surface area contributed by atoms with Crippen LogP contribution in [0.4, 0.5) is 4.79 Å². The van der Waals surface area contributed by atoms with E-state index in [2.05, 4.69) is 15.3 Å². The number of hydrogen-bond donors (Lipinski definition) is 1. The first-order chi connectivity index (χ1) is 6.33. The second-order valence-electron chi connectivity index (χ2n) is 3.20. The number of amides is 1. The highest BCUT2D eigenvalue weighted by molar-refractivity contribution is 5.85. The van der Waals surface area contributed by atoms with E-state index in [4.69, 9.17) is 0 Å². The van der Waals surface area contributed by atoms with Gasteiger partial charge in [-0.3, -0.25) is 0 Å². The molecule has 1 N–H and O–H groups in total. The summed E-state index contributed by atoms with van der Waals surface area (Å²) in [4.78, 5) is 10.7. The molecular weight excluding hydrogens is 168 g/mol. The van der Waals surface area contributed by atoms with Crippen molar-refractivity contribution in [1.29, 1.82) is 0 Å². The maximum absolute atomic E-state index is 10.7. The van der Waals surface area contributed by atoms with E-state index in [1.54, 1.807) is 0 Å². The van der Waals surface area contributed by atoms with E-state index in [0.717, 1.165) is 18.6 Å². The third kappa shape index (κ3) is 3.92. The van der Waals surface area contributed by atoms with Crippen LogP contribution in [0.3, 0.4) is 0 Å². The number of nitrogens with zero attached hydrogens (tertiary/aromatic N) is 1. The lowest BCUT2D eigenvalue weighted by Gasteiger charge is -2.01. The second-order valence-corrected chi connectivity index (χ2v) is 3.20. The zero-order valence-corrected chi connectivity index (χ0v) is 8.01. The van der Waals surface area contributed by atoms with Gasteiger partial charge in [0.15, 0.2) is 0 Å². The predicted molar refractivity (Wildman–Crippen MR) is 50.7 cm³/mol. The summed E-state index contributed by atoms with van der Waals surface area (Å²) in [5, 5.41) is 4.01. The van der Waals surface area contributed by atoms with Crippen LogP contribution in [-0.2, 0) is 4.74 Å². The third-order valence-electron chi connectivity index (χ3n) is 2.17. The van der Waals surface area contributed by atoms with Gasteiger partial charge in [-0.25, -0.2) is 10.2 Å². The minimum absolute atomic E-state index is 0.489. The number of methoxy groups -OCH3 is 1. The van der Waals surface area contributed by atoms with Crippen molar-refractivity contribution in [3.8, 4) is 0 Å². The van der Waals surface area contributed by atoms with Gasteiger partial charge in [0.1, 0.15) is 0 Å². The number of hydrogen-bond acceptors (Lipinski definition) is 3. The monoisotopic (exact) mass is 184 g/mol. The van der Waals surface area contributed by atoms with Gasteiger partial charge in [0.25, 0.3) is 0 Å². The van der Waals surface area contributed by atoms with Crippen LogP contribution in [0.5, 0.6) is 0 Å². The van der Waals surface area contributed by atoms with Crippen molar-refractivity contribution in [2.45, 2.75) is 38.5 Å². The summed E-state index contributed by atoms with van der Waals surface area (Å²) in [5.41, 5.74) is 3.44. The van der Waals surface area contributed by atoms with Gasteiger partial charge in [0.05, 0.1) is 7.11 Å². The van der Waals surface area contributed by atoms with Gasteiger partial charge in [0.2, 0.25) is 0 Å². The second kappa shape index (κ2) is 5.56. The van der Waals surface area contributed by atoms with Crippen molar-refractivity contribution in [3.63, 3.8) is 0 Å². The fourth-order valence-corrected chi connectivity index (χ4v) is 1.42. The Morgan fingerprint density at radius 3 is 2.46 bits per heavy atom. The molecule has 0 radical (unpaired) electrons. The average molecular weight is 184 g/mol. The fourth-order valence-electron chi connectivity index (χ4n) is 1.42. The van der Waals surface area contributed by atoms with Crippen LogP contribution in [0.2, 0.25) is 0 Å². The van der Waals surface area contributed by atoms with E-state index in [1.807, 2.05) is 0 Å². The molecule has 4 heteroatoms. The van der Waals surface area contributed by atoms with Gasteiger partial charge >= 0.3 is 6.09 Å². The molecule has 1 rings (SSSR count). The molecule has 0 bridgehead atoms. The van der Waals surface area contributed by atoms with Gasteiger partial charge in [-0.15, -0.1) is 0 Å². The average Bonchev–Trinajstić information content (AvgIpc) is 2.42. The van der Waals surface area contributed by atoms with E-state index in [1.165, 1.54) is 32.8 Å². The predicted octanol–water partition coefficient (Wildman–Crippen LogP) is 2.05. The van der Waals surface area contributed by atoms with Gasteiger partial charge in [-0.2, -0.15) is 5.10 Å². The smallest absolute Gasteiger partial charge is 0.427 e. The summed E-state index contributed by atoms with van der Waals surface area (Å²) in [7, 11) is 1.34. The minimum atomic E-state index is -0.489. The molecule has 74 valence electrons. The Bertz CT molecular complexity index is 192. The molecular formula is C9H16N2O2. The van der Waals surface area contributed by atoms with Gasteiger partial charge in [0, 0.05) is 5.71 Å². The molecule has 0 spiro atoms. The highest BCUT2D eigenvalue weighted by Crippen LogP contribution is 2.14. The van der Waals surface area contributed by atoms with Crippen LogP contribution in [0.1, 0.15) is 38.5 Å². The SMILES string of the molecule is COC(=O)NN=C1CCCCCC1. The summed E-state index contributed by atoms with van der Waals surface area (Å²) in [6.07, 6.45) is 6.43. The summed E-state index contributed by atoms with van der Waals surface area (Å²) in [5.74, 6) is 0. The number of rotatable bonds is 1. The van der Waals surface area contributed by atoms with Crippen molar-refractivity contribution in [1.82, 2.24) is 5.43 Å². The van der Waals surface area contributed by atoms with Crippen molar-refractivity contribution >= 4 is 11.8 Å². The minimum Gasteiger partial charge on any atom is -0.452 e. The quantitative estimate of drug-likeness (QED) is 0.501. The molecule has 0 saturated heterocycles. The zero-order valence-electron chi connectivity index (χ0n) is 8.01. The Hall–Kier alpha value is -1.06. The van der Waals surface area contributed by atoms with Crippen LogP contribution in [0, 0.1) is 0 Å². The van der Waals surface area contributed by atoms with Crippen molar-refractivity contribution in [2.75, 3.05) is 7.11 Å². The van der Waals surface area contributed by atoms with Crippen LogP contribution >= 0.6 is 0 Å². The zero-order chi connectivity index (χ0) is 9.52. The molecule has 0 heterocycles. The van der Waals surface area contributed by atoms with Crippen LogP contribution in [0.25, 0.3) is 0 Å². The lowest BCUT2D eigenvalue weighted by molar-refractivity contribution is 0.171. The first-order valence-electron chi connectivity index (χ1n) is 4.72. The molecule has 0 aliphatic heterocycles. The highest BCUT2D eigenvalue weighted by atomic mass is 16.5. The molecule has 1 aliphatic carbocycles. The van der Waals surface area contributed by atoms with E-state index < -0.39 is 6.09 Å². The van der Waals surface area contributed by atoms with Crippen LogP contribution in [-0.4, -0.2) is 18.9 Å². The first kappa shape index (κ1) is 10.0. The van der Waals surface area contributed by atoms with Crippen LogP contribution < -0.4 is 5.43 Å². The van der Waals surface area contributed by atoms with E-state index in [0.29, 0.717) is 0 Å². The Kier molecular flexibility index (Phi) is 4.29. The summed E-state index contributed by atoms with van der Waals surface area (Å²) >= 11 is 0. The fraction of sp³-hybridized carbons (Fsp3) is 0.778. The molecule has 1 saturated carbocycles. The highest BCUT2D eigenvalue weighted by Gasteiger charge is 2.06. The topological polar surface area (TPSA) is 50.7 Å². The van der Waals surface area contributed by atoms with Gasteiger partial charge in [-0.1, -0.05) is 12.8 Å². The van der Waals surface area contributed by atoms with E-state index in [9.17, 15) is 4.79 Å². The number of carbonyl (C=O) groups excluding carboxylic acids is 1. The Morgan fingerprint density at radius 1 is 1.31 bits per heavy atom. The summed E-state index contributed by atoms with van der Waals surface area (Å²) in [6, 6.07) is 0. The normalized spacial score (nSPS) is 17.5. The molecule has 1 aliphatic rings. The lowest BCUT2D eigenvalue weighted by atomic mass is 10.2. The van der Waals surface area contributed by atoms with Crippen LogP contribution in [0.15, 0.2) is 5.10 Å². The maximum Gasteiger partial charge on any atom is 0.427 e. The standard InChI is InChI=1S/C9H16N2O2/c1-13-9(12)11-10-8-6-4-2-3-5-7-8/h2-7H2,1H3,(H,11,12). The lowest BCUT2D eigenvalue weighted by Crippen LogP contribution is -2.19. The molecule has 0 aromatic heterocycles. The molecule has 13 heavy (non-hydrogen) atoms. The molecule has 4 nitrogen and oxygen atoms in total. The van der Waals surface area contributed by atoms with Crippen molar-refractivity contribution < 1.29 is 9.53 Å². The Balaban J connectivity index is 2.34.